The second kappa shape index (κ2) is 6.96. The van der Waals surface area contributed by atoms with E-state index in [1.165, 1.54) is 0 Å². The van der Waals surface area contributed by atoms with Gasteiger partial charge in [0.1, 0.15) is 11.3 Å². The number of pyridine rings is 1. The largest absolute Gasteiger partial charge is 0.508 e. The summed E-state index contributed by atoms with van der Waals surface area (Å²) in [4.78, 5) is 13.9. The molecule has 2 aromatic heterocycles. The summed E-state index contributed by atoms with van der Waals surface area (Å²) in [5.41, 5.74) is 3.11. The molecule has 0 amide bonds. The number of phenols is 1. The molecule has 4 rings (SSSR count). The molecule has 26 heavy (non-hydrogen) atoms. The van der Waals surface area contributed by atoms with Crippen molar-refractivity contribution in [2.45, 2.75) is 26.4 Å². The number of aromatic hydroxyl groups is 1. The first-order chi connectivity index (χ1) is 12.6. The van der Waals surface area contributed by atoms with Crippen molar-refractivity contribution < 1.29 is 5.11 Å². The van der Waals surface area contributed by atoms with Gasteiger partial charge in [0.25, 0.3) is 0 Å². The summed E-state index contributed by atoms with van der Waals surface area (Å²) in [7, 11) is 0. The van der Waals surface area contributed by atoms with Crippen LogP contribution in [-0.2, 0) is 6.54 Å². The summed E-state index contributed by atoms with van der Waals surface area (Å²) in [5, 5.41) is 9.98. The molecule has 1 aromatic carbocycles. The molecule has 6 nitrogen and oxygen atoms in total. The fraction of sp³-hybridized carbons (Fsp3) is 0.400. The van der Waals surface area contributed by atoms with E-state index in [0.717, 1.165) is 55.1 Å². The van der Waals surface area contributed by atoms with Crippen LogP contribution in [0.5, 0.6) is 5.75 Å². The first kappa shape index (κ1) is 16.8. The molecule has 6 heteroatoms. The van der Waals surface area contributed by atoms with Crippen LogP contribution in [0.15, 0.2) is 42.9 Å². The molecule has 1 fully saturated rings. The number of piperazine rings is 1. The Kier molecular flexibility index (Phi) is 4.51. The van der Waals surface area contributed by atoms with Crippen LogP contribution in [-0.4, -0.2) is 50.7 Å². The first-order valence-corrected chi connectivity index (χ1v) is 9.19. The van der Waals surface area contributed by atoms with E-state index < -0.39 is 0 Å². The van der Waals surface area contributed by atoms with E-state index in [2.05, 4.69) is 38.2 Å². The third kappa shape index (κ3) is 3.12. The Morgan fingerprint density at radius 1 is 1.04 bits per heavy atom. The second-order valence-electron chi connectivity index (χ2n) is 7.14. The van der Waals surface area contributed by atoms with Gasteiger partial charge in [-0.05, 0) is 26.0 Å². The standard InChI is InChI=1S/C20H25N5O/c1-15(2)25-14-22-19-17(25)7-8-21-20(19)24-11-9-23(10-12-24)13-16-5-3-4-6-18(16)26/h3-8,14-15,26H,9-13H2,1-2H3. The molecule has 1 aliphatic rings. The zero-order valence-electron chi connectivity index (χ0n) is 15.3. The normalized spacial score (nSPS) is 15.9. The summed E-state index contributed by atoms with van der Waals surface area (Å²) >= 11 is 0. The van der Waals surface area contributed by atoms with Crippen molar-refractivity contribution in [2.75, 3.05) is 31.1 Å². The van der Waals surface area contributed by atoms with E-state index in [0.29, 0.717) is 11.8 Å². The van der Waals surface area contributed by atoms with Crippen molar-refractivity contribution >= 4 is 16.9 Å². The number of phenolic OH excluding ortho intramolecular Hbond substituents is 1. The van der Waals surface area contributed by atoms with Gasteiger partial charge in [0, 0.05) is 50.5 Å². The Balaban J connectivity index is 1.48. The van der Waals surface area contributed by atoms with Crippen LogP contribution in [0.4, 0.5) is 5.82 Å². The Labute approximate surface area is 153 Å². The maximum absolute atomic E-state index is 9.98. The molecule has 1 saturated heterocycles. The Morgan fingerprint density at radius 2 is 1.81 bits per heavy atom. The third-order valence-corrected chi connectivity index (χ3v) is 5.09. The molecule has 1 N–H and O–H groups in total. The molecule has 0 atom stereocenters. The van der Waals surface area contributed by atoms with Crippen LogP contribution < -0.4 is 4.90 Å². The number of rotatable bonds is 4. The van der Waals surface area contributed by atoms with Crippen molar-refractivity contribution in [1.29, 1.82) is 0 Å². The number of hydrogen-bond acceptors (Lipinski definition) is 5. The predicted octanol–water partition coefficient (Wildman–Crippen LogP) is 3.04. The molecule has 0 radical (unpaired) electrons. The summed E-state index contributed by atoms with van der Waals surface area (Å²) < 4.78 is 2.19. The lowest BCUT2D eigenvalue weighted by atomic mass is 10.1. The number of fused-ring (bicyclic) bond motifs is 1. The molecular weight excluding hydrogens is 326 g/mol. The lowest BCUT2D eigenvalue weighted by Crippen LogP contribution is -2.46. The number of imidazole rings is 1. The maximum Gasteiger partial charge on any atom is 0.156 e. The predicted molar refractivity (Wildman–Crippen MR) is 104 cm³/mol. The zero-order valence-corrected chi connectivity index (χ0v) is 15.3. The van der Waals surface area contributed by atoms with Crippen molar-refractivity contribution in [3.63, 3.8) is 0 Å². The molecular formula is C20H25N5O. The fourth-order valence-corrected chi connectivity index (χ4v) is 3.59. The molecule has 136 valence electrons. The topological polar surface area (TPSA) is 57.4 Å². The number of anilines is 1. The summed E-state index contributed by atoms with van der Waals surface area (Å²) in [5.74, 6) is 1.35. The minimum Gasteiger partial charge on any atom is -0.508 e. The van der Waals surface area contributed by atoms with Gasteiger partial charge in [-0.15, -0.1) is 0 Å². The summed E-state index contributed by atoms with van der Waals surface area (Å²) in [6, 6.07) is 10.00. The smallest absolute Gasteiger partial charge is 0.156 e. The van der Waals surface area contributed by atoms with Crippen molar-refractivity contribution in [3.05, 3.63) is 48.4 Å². The van der Waals surface area contributed by atoms with Crippen LogP contribution in [0.2, 0.25) is 0 Å². The van der Waals surface area contributed by atoms with Gasteiger partial charge in [-0.1, -0.05) is 18.2 Å². The monoisotopic (exact) mass is 351 g/mol. The zero-order chi connectivity index (χ0) is 18.1. The van der Waals surface area contributed by atoms with Gasteiger partial charge < -0.3 is 14.6 Å². The van der Waals surface area contributed by atoms with Crippen molar-refractivity contribution in [1.82, 2.24) is 19.4 Å². The molecule has 0 bridgehead atoms. The number of aromatic nitrogens is 3. The highest BCUT2D eigenvalue weighted by Crippen LogP contribution is 2.26. The number of benzene rings is 1. The van der Waals surface area contributed by atoms with Gasteiger partial charge in [-0.25, -0.2) is 9.97 Å². The third-order valence-electron chi connectivity index (χ3n) is 5.09. The van der Waals surface area contributed by atoms with Gasteiger partial charge in [0.2, 0.25) is 0 Å². The van der Waals surface area contributed by atoms with Crippen molar-refractivity contribution in [3.8, 4) is 5.75 Å². The Bertz CT molecular complexity index is 896. The molecule has 0 unspecified atom stereocenters. The van der Waals surface area contributed by atoms with Crippen LogP contribution in [0, 0.1) is 0 Å². The minimum atomic E-state index is 0.376. The van der Waals surface area contributed by atoms with Gasteiger partial charge in [-0.2, -0.15) is 0 Å². The van der Waals surface area contributed by atoms with Crippen LogP contribution in [0.25, 0.3) is 11.0 Å². The highest BCUT2D eigenvalue weighted by molar-refractivity contribution is 5.86. The van der Waals surface area contributed by atoms with Crippen LogP contribution in [0.1, 0.15) is 25.5 Å². The molecule has 3 heterocycles. The highest BCUT2D eigenvalue weighted by Gasteiger charge is 2.22. The number of nitrogens with zero attached hydrogens (tertiary/aromatic N) is 5. The van der Waals surface area contributed by atoms with Gasteiger partial charge >= 0.3 is 0 Å². The molecule has 0 spiro atoms. The van der Waals surface area contributed by atoms with E-state index in [1.807, 2.05) is 36.8 Å². The Morgan fingerprint density at radius 3 is 2.54 bits per heavy atom. The van der Waals surface area contributed by atoms with Gasteiger partial charge in [0.05, 0.1) is 11.8 Å². The van der Waals surface area contributed by atoms with E-state index in [-0.39, 0.29) is 0 Å². The molecule has 3 aromatic rings. The summed E-state index contributed by atoms with van der Waals surface area (Å²) in [6.45, 7) is 8.81. The average Bonchev–Trinajstić information content (AvgIpc) is 3.09. The SMILES string of the molecule is CC(C)n1cnc2c(N3CCN(Cc4ccccc4O)CC3)nccc21. The molecule has 1 aliphatic heterocycles. The second-order valence-corrected chi connectivity index (χ2v) is 7.14. The molecule has 0 aliphatic carbocycles. The lowest BCUT2D eigenvalue weighted by Gasteiger charge is -2.35. The average molecular weight is 351 g/mol. The number of para-hydroxylation sites is 1. The fourth-order valence-electron chi connectivity index (χ4n) is 3.59. The van der Waals surface area contributed by atoms with Crippen LogP contribution >= 0.6 is 0 Å². The van der Waals surface area contributed by atoms with E-state index in [4.69, 9.17) is 0 Å². The van der Waals surface area contributed by atoms with E-state index >= 15 is 0 Å². The van der Waals surface area contributed by atoms with Gasteiger partial charge in [0.15, 0.2) is 5.82 Å². The first-order valence-electron chi connectivity index (χ1n) is 9.19. The van der Waals surface area contributed by atoms with Crippen molar-refractivity contribution in [2.24, 2.45) is 0 Å². The number of hydrogen-bond donors (Lipinski definition) is 1. The summed E-state index contributed by atoms with van der Waals surface area (Å²) in [6.07, 6.45) is 3.79. The quantitative estimate of drug-likeness (QED) is 0.783. The van der Waals surface area contributed by atoms with Crippen LogP contribution in [0.3, 0.4) is 0 Å². The molecule has 0 saturated carbocycles. The highest BCUT2D eigenvalue weighted by atomic mass is 16.3. The lowest BCUT2D eigenvalue weighted by molar-refractivity contribution is 0.246. The van der Waals surface area contributed by atoms with E-state index in [1.54, 1.807) is 6.07 Å². The maximum atomic E-state index is 9.98. The van der Waals surface area contributed by atoms with Gasteiger partial charge in [-0.3, -0.25) is 4.90 Å². The van der Waals surface area contributed by atoms with E-state index in [9.17, 15) is 5.11 Å². The minimum absolute atomic E-state index is 0.376. The Hall–Kier alpha value is -2.60.